The monoisotopic (exact) mass is 211 g/mol. The van der Waals surface area contributed by atoms with Gasteiger partial charge in [-0.05, 0) is 36.9 Å². The zero-order valence-electron chi connectivity index (χ0n) is 9.05. The fourth-order valence-electron chi connectivity index (χ4n) is 1.71. The van der Waals surface area contributed by atoms with Crippen LogP contribution in [0.25, 0.3) is 0 Å². The Kier molecular flexibility index (Phi) is 3.97. The zero-order chi connectivity index (χ0) is 10.7. The highest BCUT2D eigenvalue weighted by Crippen LogP contribution is 2.30. The lowest BCUT2D eigenvalue weighted by molar-refractivity contribution is 0.506. The minimum absolute atomic E-state index is 0.363. The fraction of sp³-hybridized carbons (Fsp3) is 0.500. The fourth-order valence-corrected chi connectivity index (χ4v) is 1.96. The molecule has 1 unspecified atom stereocenters. The van der Waals surface area contributed by atoms with E-state index >= 15 is 0 Å². The molecule has 0 spiro atoms. The largest absolute Gasteiger partial charge is 0.330 e. The van der Waals surface area contributed by atoms with Gasteiger partial charge in [0.25, 0.3) is 0 Å². The van der Waals surface area contributed by atoms with E-state index < -0.39 is 0 Å². The average Bonchev–Trinajstić information content (AvgIpc) is 2.11. The number of hydrogen-bond acceptors (Lipinski definition) is 1. The van der Waals surface area contributed by atoms with Gasteiger partial charge in [-0.2, -0.15) is 0 Å². The molecule has 0 aromatic heterocycles. The molecule has 2 N–H and O–H groups in total. The van der Waals surface area contributed by atoms with Crippen molar-refractivity contribution in [3.05, 3.63) is 34.3 Å². The van der Waals surface area contributed by atoms with Crippen molar-refractivity contribution < 1.29 is 0 Å². The summed E-state index contributed by atoms with van der Waals surface area (Å²) in [7, 11) is 0. The van der Waals surface area contributed by atoms with Gasteiger partial charge >= 0.3 is 0 Å². The second-order valence-electron chi connectivity index (χ2n) is 4.11. The maximum Gasteiger partial charge on any atom is 0.0441 e. The van der Waals surface area contributed by atoms with E-state index in [1.807, 2.05) is 12.1 Å². The highest BCUT2D eigenvalue weighted by atomic mass is 35.5. The summed E-state index contributed by atoms with van der Waals surface area (Å²) in [6.07, 6.45) is 0. The molecule has 14 heavy (non-hydrogen) atoms. The van der Waals surface area contributed by atoms with Gasteiger partial charge in [0.15, 0.2) is 0 Å². The maximum absolute atomic E-state index is 6.16. The van der Waals surface area contributed by atoms with E-state index in [1.54, 1.807) is 0 Å². The Morgan fingerprint density at radius 1 is 1.36 bits per heavy atom. The summed E-state index contributed by atoms with van der Waals surface area (Å²) in [5.74, 6) is 0.890. The van der Waals surface area contributed by atoms with E-state index in [-0.39, 0.29) is 0 Å². The van der Waals surface area contributed by atoms with Gasteiger partial charge in [0.2, 0.25) is 0 Å². The van der Waals surface area contributed by atoms with E-state index in [1.165, 1.54) is 11.1 Å². The molecule has 1 aromatic rings. The summed E-state index contributed by atoms with van der Waals surface area (Å²) >= 11 is 6.16. The lowest BCUT2D eigenvalue weighted by atomic mass is 9.88. The predicted molar refractivity (Wildman–Crippen MR) is 62.8 cm³/mol. The molecule has 0 radical (unpaired) electrons. The SMILES string of the molecule is Cc1ccc(Cl)c(C(CN)C(C)C)c1. The van der Waals surface area contributed by atoms with Gasteiger partial charge in [-0.25, -0.2) is 0 Å². The van der Waals surface area contributed by atoms with Crippen LogP contribution in [0.3, 0.4) is 0 Å². The van der Waals surface area contributed by atoms with Crippen LogP contribution in [0, 0.1) is 12.8 Å². The van der Waals surface area contributed by atoms with Crippen LogP contribution in [-0.2, 0) is 0 Å². The Bertz CT molecular complexity index is 307. The van der Waals surface area contributed by atoms with Gasteiger partial charge in [0, 0.05) is 5.02 Å². The Balaban J connectivity index is 3.08. The van der Waals surface area contributed by atoms with Crippen molar-refractivity contribution in [3.8, 4) is 0 Å². The molecule has 0 bridgehead atoms. The van der Waals surface area contributed by atoms with Crippen LogP contribution in [0.4, 0.5) is 0 Å². The molecule has 0 saturated heterocycles. The molecule has 0 saturated carbocycles. The molecule has 0 amide bonds. The summed E-state index contributed by atoms with van der Waals surface area (Å²) in [6, 6.07) is 6.12. The van der Waals surface area contributed by atoms with Crippen molar-refractivity contribution in [3.63, 3.8) is 0 Å². The van der Waals surface area contributed by atoms with Gasteiger partial charge in [0.05, 0.1) is 0 Å². The van der Waals surface area contributed by atoms with Gasteiger partial charge in [-0.15, -0.1) is 0 Å². The minimum Gasteiger partial charge on any atom is -0.330 e. The first-order valence-electron chi connectivity index (χ1n) is 5.02. The molecule has 0 aliphatic carbocycles. The highest BCUT2D eigenvalue weighted by molar-refractivity contribution is 6.31. The van der Waals surface area contributed by atoms with Gasteiger partial charge in [-0.3, -0.25) is 0 Å². The third kappa shape index (κ3) is 2.49. The van der Waals surface area contributed by atoms with E-state index in [9.17, 15) is 0 Å². The Hall–Kier alpha value is -0.530. The molecule has 1 nitrogen and oxygen atoms in total. The van der Waals surface area contributed by atoms with Crippen LogP contribution in [0.15, 0.2) is 18.2 Å². The van der Waals surface area contributed by atoms with Crippen LogP contribution < -0.4 is 5.73 Å². The molecule has 1 rings (SSSR count). The lowest BCUT2D eigenvalue weighted by Gasteiger charge is -2.20. The standard InChI is InChI=1S/C12H18ClN/c1-8(2)11(7-14)10-6-9(3)4-5-12(10)13/h4-6,8,11H,7,14H2,1-3H3. The normalized spacial score (nSPS) is 13.3. The molecule has 2 heteroatoms. The van der Waals surface area contributed by atoms with E-state index in [2.05, 4.69) is 26.8 Å². The molecular weight excluding hydrogens is 194 g/mol. The minimum atomic E-state index is 0.363. The van der Waals surface area contributed by atoms with Crippen molar-refractivity contribution in [1.82, 2.24) is 0 Å². The Morgan fingerprint density at radius 2 is 2.00 bits per heavy atom. The summed E-state index contributed by atoms with van der Waals surface area (Å²) < 4.78 is 0. The van der Waals surface area contributed by atoms with E-state index in [0.29, 0.717) is 18.4 Å². The second-order valence-corrected chi connectivity index (χ2v) is 4.52. The first-order chi connectivity index (χ1) is 6.56. The van der Waals surface area contributed by atoms with E-state index in [4.69, 9.17) is 17.3 Å². The van der Waals surface area contributed by atoms with Crippen LogP contribution >= 0.6 is 11.6 Å². The highest BCUT2D eigenvalue weighted by Gasteiger charge is 2.16. The number of rotatable bonds is 3. The molecule has 1 atom stereocenters. The summed E-state index contributed by atoms with van der Waals surface area (Å²) in [5.41, 5.74) is 8.19. The van der Waals surface area contributed by atoms with Crippen molar-refractivity contribution in [2.24, 2.45) is 11.7 Å². The first kappa shape index (κ1) is 11.5. The quantitative estimate of drug-likeness (QED) is 0.816. The number of aryl methyl sites for hydroxylation is 1. The number of hydrogen-bond donors (Lipinski definition) is 1. The average molecular weight is 212 g/mol. The second kappa shape index (κ2) is 4.81. The molecule has 0 heterocycles. The van der Waals surface area contributed by atoms with Crippen molar-refractivity contribution in [1.29, 1.82) is 0 Å². The molecule has 0 aliphatic rings. The zero-order valence-corrected chi connectivity index (χ0v) is 9.81. The molecular formula is C12H18ClN. The maximum atomic E-state index is 6.16. The number of halogens is 1. The predicted octanol–water partition coefficient (Wildman–Crippen LogP) is 3.35. The van der Waals surface area contributed by atoms with Crippen LogP contribution in [0.1, 0.15) is 30.9 Å². The van der Waals surface area contributed by atoms with E-state index in [0.717, 1.165) is 5.02 Å². The molecule has 78 valence electrons. The molecule has 1 aromatic carbocycles. The third-order valence-corrected chi connectivity index (χ3v) is 2.95. The smallest absolute Gasteiger partial charge is 0.0441 e. The Labute approximate surface area is 91.3 Å². The van der Waals surface area contributed by atoms with Gasteiger partial charge < -0.3 is 5.73 Å². The summed E-state index contributed by atoms with van der Waals surface area (Å²) in [6.45, 7) is 7.08. The lowest BCUT2D eigenvalue weighted by Crippen LogP contribution is -2.18. The Morgan fingerprint density at radius 3 is 2.50 bits per heavy atom. The summed E-state index contributed by atoms with van der Waals surface area (Å²) in [4.78, 5) is 0. The van der Waals surface area contributed by atoms with Crippen LogP contribution in [-0.4, -0.2) is 6.54 Å². The van der Waals surface area contributed by atoms with Gasteiger partial charge in [0.1, 0.15) is 0 Å². The topological polar surface area (TPSA) is 26.0 Å². The van der Waals surface area contributed by atoms with Crippen molar-refractivity contribution in [2.75, 3.05) is 6.54 Å². The van der Waals surface area contributed by atoms with Crippen LogP contribution in [0.2, 0.25) is 5.02 Å². The van der Waals surface area contributed by atoms with Crippen molar-refractivity contribution in [2.45, 2.75) is 26.7 Å². The molecule has 0 aliphatic heterocycles. The molecule has 0 fully saturated rings. The first-order valence-corrected chi connectivity index (χ1v) is 5.40. The number of nitrogens with two attached hydrogens (primary N) is 1. The third-order valence-electron chi connectivity index (χ3n) is 2.61. The van der Waals surface area contributed by atoms with Crippen molar-refractivity contribution >= 4 is 11.6 Å². The van der Waals surface area contributed by atoms with Crippen LogP contribution in [0.5, 0.6) is 0 Å². The van der Waals surface area contributed by atoms with Gasteiger partial charge in [-0.1, -0.05) is 43.1 Å². The number of benzene rings is 1. The summed E-state index contributed by atoms with van der Waals surface area (Å²) in [5, 5.41) is 0.833.